The van der Waals surface area contributed by atoms with E-state index in [1.807, 2.05) is 0 Å². The molecular weight excluding hydrogens is 291 g/mol. The zero-order valence-corrected chi connectivity index (χ0v) is 9.43. The molecule has 0 radical (unpaired) electrons. The zero-order valence-electron chi connectivity index (χ0n) is 7.84. The molecule has 0 heterocycles. The highest BCUT2D eigenvalue weighted by Gasteiger charge is 2.28. The standard InChI is InChI=1S/C9H7BrF3NO2/c10-6-1-5(8(14)15)2-7(3-6)16-4-9(11,12)13/h1-3H,4H2,(H2,14,15). The summed E-state index contributed by atoms with van der Waals surface area (Å²) >= 11 is 3.03. The third-order valence-electron chi connectivity index (χ3n) is 1.56. The van der Waals surface area contributed by atoms with Crippen LogP contribution in [0.15, 0.2) is 22.7 Å². The van der Waals surface area contributed by atoms with Crippen molar-refractivity contribution < 1.29 is 22.7 Å². The molecular formula is C9H7BrF3NO2. The largest absolute Gasteiger partial charge is 0.484 e. The van der Waals surface area contributed by atoms with Crippen molar-refractivity contribution in [3.05, 3.63) is 28.2 Å². The van der Waals surface area contributed by atoms with Gasteiger partial charge in [-0.25, -0.2) is 0 Å². The molecule has 1 aromatic rings. The Kier molecular flexibility index (Phi) is 3.79. The molecule has 0 atom stereocenters. The lowest BCUT2D eigenvalue weighted by atomic mass is 10.2. The minimum absolute atomic E-state index is 0.0690. The fourth-order valence-corrected chi connectivity index (χ4v) is 1.43. The molecule has 3 nitrogen and oxygen atoms in total. The Morgan fingerprint density at radius 2 is 2.00 bits per heavy atom. The molecule has 2 N–H and O–H groups in total. The average molecular weight is 298 g/mol. The molecule has 1 amide bonds. The monoisotopic (exact) mass is 297 g/mol. The number of ether oxygens (including phenoxy) is 1. The highest BCUT2D eigenvalue weighted by Crippen LogP contribution is 2.23. The van der Waals surface area contributed by atoms with Crippen molar-refractivity contribution in [2.45, 2.75) is 6.18 Å². The van der Waals surface area contributed by atoms with E-state index in [4.69, 9.17) is 5.73 Å². The molecule has 88 valence electrons. The Balaban J connectivity index is 2.85. The maximum atomic E-state index is 11.9. The molecule has 1 rings (SSSR count). The fourth-order valence-electron chi connectivity index (χ4n) is 0.953. The molecule has 0 bridgehead atoms. The Morgan fingerprint density at radius 3 is 2.50 bits per heavy atom. The molecule has 0 aliphatic rings. The average Bonchev–Trinajstić information content (AvgIpc) is 2.13. The van der Waals surface area contributed by atoms with Crippen molar-refractivity contribution in [3.8, 4) is 5.75 Å². The Morgan fingerprint density at radius 1 is 1.38 bits per heavy atom. The molecule has 0 aliphatic heterocycles. The molecule has 0 aliphatic carbocycles. The molecule has 0 fully saturated rings. The van der Waals surface area contributed by atoms with Crippen LogP contribution in [0.4, 0.5) is 13.2 Å². The third-order valence-corrected chi connectivity index (χ3v) is 2.02. The summed E-state index contributed by atoms with van der Waals surface area (Å²) in [6.07, 6.45) is -4.42. The van der Waals surface area contributed by atoms with Gasteiger partial charge in [0.1, 0.15) is 5.75 Å². The van der Waals surface area contributed by atoms with Crippen LogP contribution in [-0.2, 0) is 0 Å². The van der Waals surface area contributed by atoms with E-state index in [1.54, 1.807) is 0 Å². The highest BCUT2D eigenvalue weighted by molar-refractivity contribution is 9.10. The van der Waals surface area contributed by atoms with Crippen LogP contribution in [0.1, 0.15) is 10.4 Å². The minimum Gasteiger partial charge on any atom is -0.484 e. The lowest BCUT2D eigenvalue weighted by Crippen LogP contribution is -2.19. The summed E-state index contributed by atoms with van der Waals surface area (Å²) in [6, 6.07) is 3.86. The quantitative estimate of drug-likeness (QED) is 0.932. The van der Waals surface area contributed by atoms with Crippen LogP contribution in [0.3, 0.4) is 0 Å². The maximum absolute atomic E-state index is 11.9. The van der Waals surface area contributed by atoms with Crippen LogP contribution in [0.25, 0.3) is 0 Å². The first-order valence-corrected chi connectivity index (χ1v) is 4.87. The minimum atomic E-state index is -4.42. The van der Waals surface area contributed by atoms with Crippen molar-refractivity contribution >= 4 is 21.8 Å². The number of halogens is 4. The molecule has 0 saturated carbocycles. The second kappa shape index (κ2) is 4.73. The second-order valence-electron chi connectivity index (χ2n) is 2.94. The first kappa shape index (κ1) is 12.8. The van der Waals surface area contributed by atoms with E-state index in [2.05, 4.69) is 20.7 Å². The SMILES string of the molecule is NC(=O)c1cc(Br)cc(OCC(F)(F)F)c1. The van der Waals surface area contributed by atoms with Crippen LogP contribution < -0.4 is 10.5 Å². The highest BCUT2D eigenvalue weighted by atomic mass is 79.9. The first-order valence-electron chi connectivity index (χ1n) is 4.08. The van der Waals surface area contributed by atoms with E-state index >= 15 is 0 Å². The summed E-state index contributed by atoms with van der Waals surface area (Å²) in [7, 11) is 0. The van der Waals surface area contributed by atoms with E-state index < -0.39 is 18.7 Å². The van der Waals surface area contributed by atoms with E-state index in [9.17, 15) is 18.0 Å². The molecule has 7 heteroatoms. The molecule has 0 saturated heterocycles. The number of rotatable bonds is 3. The van der Waals surface area contributed by atoms with Gasteiger partial charge in [0.2, 0.25) is 5.91 Å². The zero-order chi connectivity index (χ0) is 12.3. The number of carbonyl (C=O) groups is 1. The van der Waals surface area contributed by atoms with Crippen molar-refractivity contribution in [2.24, 2.45) is 5.73 Å². The lowest BCUT2D eigenvalue weighted by Gasteiger charge is -2.10. The molecule has 1 aromatic carbocycles. The van der Waals surface area contributed by atoms with Gasteiger partial charge in [-0.2, -0.15) is 13.2 Å². The number of nitrogens with two attached hydrogens (primary N) is 1. The third kappa shape index (κ3) is 4.09. The topological polar surface area (TPSA) is 52.3 Å². The Labute approximate surface area is 97.5 Å². The van der Waals surface area contributed by atoms with Gasteiger partial charge in [-0.3, -0.25) is 4.79 Å². The smallest absolute Gasteiger partial charge is 0.422 e. The summed E-state index contributed by atoms with van der Waals surface area (Å²) in [4.78, 5) is 10.8. The number of alkyl halides is 3. The number of hydrogen-bond donors (Lipinski definition) is 1. The lowest BCUT2D eigenvalue weighted by molar-refractivity contribution is -0.153. The van der Waals surface area contributed by atoms with Gasteiger partial charge in [0.15, 0.2) is 6.61 Å². The summed E-state index contributed by atoms with van der Waals surface area (Å²) in [5.41, 5.74) is 5.07. The molecule has 0 aromatic heterocycles. The van der Waals surface area contributed by atoms with E-state index in [0.717, 1.165) is 6.07 Å². The van der Waals surface area contributed by atoms with Gasteiger partial charge < -0.3 is 10.5 Å². The van der Waals surface area contributed by atoms with Crippen LogP contribution in [0.5, 0.6) is 5.75 Å². The number of benzene rings is 1. The fraction of sp³-hybridized carbons (Fsp3) is 0.222. The predicted octanol–water partition coefficient (Wildman–Crippen LogP) is 2.49. The van der Waals surface area contributed by atoms with Crippen molar-refractivity contribution in [2.75, 3.05) is 6.61 Å². The van der Waals surface area contributed by atoms with Crippen LogP contribution >= 0.6 is 15.9 Å². The van der Waals surface area contributed by atoms with Crippen LogP contribution in [-0.4, -0.2) is 18.7 Å². The second-order valence-corrected chi connectivity index (χ2v) is 3.86. The van der Waals surface area contributed by atoms with Crippen LogP contribution in [0.2, 0.25) is 0 Å². The number of carbonyl (C=O) groups excluding carboxylic acids is 1. The van der Waals surface area contributed by atoms with E-state index in [1.165, 1.54) is 12.1 Å². The maximum Gasteiger partial charge on any atom is 0.422 e. The van der Waals surface area contributed by atoms with Crippen molar-refractivity contribution in [1.82, 2.24) is 0 Å². The Bertz CT molecular complexity index is 406. The van der Waals surface area contributed by atoms with Gasteiger partial charge in [-0.15, -0.1) is 0 Å². The summed E-state index contributed by atoms with van der Waals surface area (Å²) in [6.45, 7) is -1.42. The number of hydrogen-bond acceptors (Lipinski definition) is 2. The van der Waals surface area contributed by atoms with Gasteiger partial charge in [-0.05, 0) is 18.2 Å². The van der Waals surface area contributed by atoms with E-state index in [-0.39, 0.29) is 11.3 Å². The van der Waals surface area contributed by atoms with Crippen molar-refractivity contribution in [3.63, 3.8) is 0 Å². The van der Waals surface area contributed by atoms with Gasteiger partial charge in [0, 0.05) is 10.0 Å². The van der Waals surface area contributed by atoms with Gasteiger partial charge >= 0.3 is 6.18 Å². The molecule has 16 heavy (non-hydrogen) atoms. The molecule has 0 unspecified atom stereocenters. The van der Waals surface area contributed by atoms with E-state index in [0.29, 0.717) is 4.47 Å². The summed E-state index contributed by atoms with van der Waals surface area (Å²) in [5, 5.41) is 0. The van der Waals surface area contributed by atoms with Gasteiger partial charge in [-0.1, -0.05) is 15.9 Å². The van der Waals surface area contributed by atoms with Crippen molar-refractivity contribution in [1.29, 1.82) is 0 Å². The van der Waals surface area contributed by atoms with Gasteiger partial charge in [0.25, 0.3) is 0 Å². The number of amides is 1. The normalized spacial score (nSPS) is 11.2. The van der Waals surface area contributed by atoms with Crippen LogP contribution in [0, 0.1) is 0 Å². The summed E-state index contributed by atoms with van der Waals surface area (Å²) in [5.74, 6) is -0.807. The molecule has 0 spiro atoms. The summed E-state index contributed by atoms with van der Waals surface area (Å²) < 4.78 is 40.5. The van der Waals surface area contributed by atoms with Gasteiger partial charge in [0.05, 0.1) is 0 Å². The predicted molar refractivity (Wildman–Crippen MR) is 54.2 cm³/mol. The first-order chi connectivity index (χ1) is 7.28. The Hall–Kier alpha value is -1.24. The number of primary amides is 1.